The minimum absolute atomic E-state index is 0.0944. The van der Waals surface area contributed by atoms with Gasteiger partial charge >= 0.3 is 0 Å². The van der Waals surface area contributed by atoms with Crippen molar-refractivity contribution in [1.82, 2.24) is 9.97 Å². The molecule has 2 aromatic carbocycles. The van der Waals surface area contributed by atoms with E-state index in [1.807, 2.05) is 55.5 Å². The minimum atomic E-state index is -0.0944. The van der Waals surface area contributed by atoms with Crippen molar-refractivity contribution in [2.75, 3.05) is 10.6 Å². The lowest BCUT2D eigenvalue weighted by Crippen LogP contribution is -2.27. The Morgan fingerprint density at radius 1 is 0.926 bits per heavy atom. The minimum Gasteiger partial charge on any atom is -0.489 e. The summed E-state index contributed by atoms with van der Waals surface area (Å²) in [5.41, 5.74) is 2.90. The van der Waals surface area contributed by atoms with Crippen LogP contribution in [0.2, 0.25) is 0 Å². The molecule has 0 spiro atoms. The van der Waals surface area contributed by atoms with Crippen molar-refractivity contribution in [1.29, 1.82) is 0 Å². The largest absolute Gasteiger partial charge is 0.489 e. The summed E-state index contributed by atoms with van der Waals surface area (Å²) in [5, 5.41) is 6.63. The normalized spacial score (nSPS) is 11.1. The second kappa shape index (κ2) is 8.08. The molecule has 1 aromatic heterocycles. The molecule has 0 unspecified atom stereocenters. The van der Waals surface area contributed by atoms with Gasteiger partial charge < -0.3 is 15.4 Å². The predicted octanol–water partition coefficient (Wildman–Crippen LogP) is 5.32. The van der Waals surface area contributed by atoms with Crippen LogP contribution in [0, 0.1) is 6.92 Å². The summed E-state index contributed by atoms with van der Waals surface area (Å²) < 4.78 is 5.83. The molecule has 27 heavy (non-hydrogen) atoms. The van der Waals surface area contributed by atoms with Crippen LogP contribution in [0.3, 0.4) is 0 Å². The molecule has 0 radical (unpaired) electrons. The first-order valence-corrected chi connectivity index (χ1v) is 9.05. The molecule has 3 aromatic rings. The first-order chi connectivity index (χ1) is 12.9. The third-order valence-electron chi connectivity index (χ3n) is 3.72. The van der Waals surface area contributed by atoms with Crippen molar-refractivity contribution in [2.45, 2.75) is 39.8 Å². The smallest absolute Gasteiger partial charge is 0.225 e. The van der Waals surface area contributed by atoms with Gasteiger partial charge in [-0.2, -0.15) is 4.98 Å². The molecule has 3 rings (SSSR count). The van der Waals surface area contributed by atoms with Crippen molar-refractivity contribution >= 4 is 17.5 Å². The van der Waals surface area contributed by atoms with Gasteiger partial charge in [-0.1, -0.05) is 30.3 Å². The van der Waals surface area contributed by atoms with Crippen LogP contribution in [-0.4, -0.2) is 15.5 Å². The lowest BCUT2D eigenvalue weighted by atomic mass is 10.1. The Bertz CT molecular complexity index is 871. The zero-order valence-electron chi connectivity index (χ0n) is 16.3. The SMILES string of the molecule is Cc1cc(Nc2ccc(OCc3ccccc3)cc2)nc(NC(C)(C)C)n1. The van der Waals surface area contributed by atoms with E-state index in [9.17, 15) is 0 Å². The molecule has 5 nitrogen and oxygen atoms in total. The van der Waals surface area contributed by atoms with Crippen molar-refractivity contribution in [3.63, 3.8) is 0 Å². The average molecular weight is 362 g/mol. The van der Waals surface area contributed by atoms with Crippen LogP contribution < -0.4 is 15.4 Å². The molecule has 0 bridgehead atoms. The fourth-order valence-electron chi connectivity index (χ4n) is 2.55. The van der Waals surface area contributed by atoms with E-state index in [1.165, 1.54) is 0 Å². The fraction of sp³-hybridized carbons (Fsp3) is 0.273. The third kappa shape index (κ3) is 5.99. The monoisotopic (exact) mass is 362 g/mol. The molecule has 0 atom stereocenters. The second-order valence-electron chi connectivity index (χ2n) is 7.52. The van der Waals surface area contributed by atoms with Crippen LogP contribution in [0.5, 0.6) is 5.75 Å². The summed E-state index contributed by atoms with van der Waals surface area (Å²) in [5.74, 6) is 2.21. The number of anilines is 3. The van der Waals surface area contributed by atoms with Gasteiger partial charge in [0.05, 0.1) is 0 Å². The number of benzene rings is 2. The zero-order valence-corrected chi connectivity index (χ0v) is 16.3. The Morgan fingerprint density at radius 2 is 1.63 bits per heavy atom. The molecule has 1 heterocycles. The van der Waals surface area contributed by atoms with Gasteiger partial charge in [-0.05, 0) is 57.5 Å². The lowest BCUT2D eigenvalue weighted by Gasteiger charge is -2.21. The molecule has 0 fully saturated rings. The van der Waals surface area contributed by atoms with Crippen molar-refractivity contribution in [3.8, 4) is 5.75 Å². The van der Waals surface area contributed by atoms with E-state index in [4.69, 9.17) is 4.74 Å². The molecule has 0 amide bonds. The Hall–Kier alpha value is -3.08. The zero-order chi connectivity index (χ0) is 19.3. The Balaban J connectivity index is 1.64. The van der Waals surface area contributed by atoms with Gasteiger partial charge in [0.2, 0.25) is 5.95 Å². The highest BCUT2D eigenvalue weighted by molar-refractivity contribution is 5.58. The number of nitrogens with zero attached hydrogens (tertiary/aromatic N) is 2. The maximum atomic E-state index is 5.83. The van der Waals surface area contributed by atoms with Crippen LogP contribution in [-0.2, 0) is 6.61 Å². The molecule has 0 aliphatic rings. The van der Waals surface area contributed by atoms with Crippen LogP contribution in [0.1, 0.15) is 32.0 Å². The Morgan fingerprint density at radius 3 is 2.30 bits per heavy atom. The summed E-state index contributed by atoms with van der Waals surface area (Å²) >= 11 is 0. The highest BCUT2D eigenvalue weighted by Crippen LogP contribution is 2.21. The number of hydrogen-bond donors (Lipinski definition) is 2. The van der Waals surface area contributed by atoms with Crippen molar-refractivity contribution < 1.29 is 4.74 Å². The van der Waals surface area contributed by atoms with E-state index in [2.05, 4.69) is 53.5 Å². The molecule has 0 aliphatic carbocycles. The second-order valence-corrected chi connectivity index (χ2v) is 7.52. The fourth-order valence-corrected chi connectivity index (χ4v) is 2.55. The van der Waals surface area contributed by atoms with Gasteiger partial charge in [0, 0.05) is 23.0 Å². The third-order valence-corrected chi connectivity index (χ3v) is 3.72. The summed E-state index contributed by atoms with van der Waals surface area (Å²) in [7, 11) is 0. The number of aromatic nitrogens is 2. The number of ether oxygens (including phenoxy) is 1. The Labute approximate surface area is 160 Å². The molecule has 0 aliphatic heterocycles. The summed E-state index contributed by atoms with van der Waals surface area (Å²) in [6.07, 6.45) is 0. The van der Waals surface area contributed by atoms with E-state index in [0.29, 0.717) is 12.6 Å². The number of nitrogens with one attached hydrogen (secondary N) is 2. The maximum Gasteiger partial charge on any atom is 0.225 e. The predicted molar refractivity (Wildman–Crippen MR) is 111 cm³/mol. The van der Waals surface area contributed by atoms with Crippen LogP contribution in [0.15, 0.2) is 60.7 Å². The van der Waals surface area contributed by atoms with Crippen LogP contribution in [0.4, 0.5) is 17.5 Å². The topological polar surface area (TPSA) is 59.1 Å². The van der Waals surface area contributed by atoms with E-state index < -0.39 is 0 Å². The van der Waals surface area contributed by atoms with Gasteiger partial charge in [0.1, 0.15) is 18.2 Å². The Kier molecular flexibility index (Phi) is 5.60. The summed E-state index contributed by atoms with van der Waals surface area (Å²) in [4.78, 5) is 8.99. The number of aryl methyl sites for hydroxylation is 1. The van der Waals surface area contributed by atoms with Crippen LogP contribution in [0.25, 0.3) is 0 Å². The average Bonchev–Trinajstić information content (AvgIpc) is 2.60. The first-order valence-electron chi connectivity index (χ1n) is 9.05. The van der Waals surface area contributed by atoms with Gasteiger partial charge in [-0.15, -0.1) is 0 Å². The summed E-state index contributed by atoms with van der Waals surface area (Å²) in [6, 6.07) is 19.9. The quantitative estimate of drug-likeness (QED) is 0.622. The first kappa shape index (κ1) is 18.7. The highest BCUT2D eigenvalue weighted by atomic mass is 16.5. The lowest BCUT2D eigenvalue weighted by molar-refractivity contribution is 0.306. The standard InChI is InChI=1S/C22H26N4O/c1-16-14-20(25-21(23-16)26-22(2,3)4)24-18-10-12-19(13-11-18)27-15-17-8-6-5-7-9-17/h5-14H,15H2,1-4H3,(H2,23,24,25,26). The molecular weight excluding hydrogens is 336 g/mol. The highest BCUT2D eigenvalue weighted by Gasteiger charge is 2.12. The van der Waals surface area contributed by atoms with Crippen molar-refractivity contribution in [2.24, 2.45) is 0 Å². The van der Waals surface area contributed by atoms with E-state index in [0.717, 1.165) is 28.5 Å². The maximum absolute atomic E-state index is 5.83. The van der Waals surface area contributed by atoms with E-state index in [-0.39, 0.29) is 5.54 Å². The van der Waals surface area contributed by atoms with Gasteiger partial charge in [0.25, 0.3) is 0 Å². The molecular formula is C22H26N4O. The van der Waals surface area contributed by atoms with E-state index >= 15 is 0 Å². The van der Waals surface area contributed by atoms with Crippen molar-refractivity contribution in [3.05, 3.63) is 71.9 Å². The molecule has 140 valence electrons. The van der Waals surface area contributed by atoms with Gasteiger partial charge in [-0.25, -0.2) is 4.98 Å². The molecule has 2 N–H and O–H groups in total. The number of rotatable bonds is 6. The van der Waals surface area contributed by atoms with Gasteiger partial charge in [-0.3, -0.25) is 0 Å². The van der Waals surface area contributed by atoms with E-state index in [1.54, 1.807) is 0 Å². The number of hydrogen-bond acceptors (Lipinski definition) is 5. The van der Waals surface area contributed by atoms with Gasteiger partial charge in [0.15, 0.2) is 0 Å². The molecule has 0 saturated heterocycles. The van der Waals surface area contributed by atoms with Crippen LogP contribution >= 0.6 is 0 Å². The molecule has 5 heteroatoms. The molecule has 0 saturated carbocycles. The summed E-state index contributed by atoms with van der Waals surface area (Å²) in [6.45, 7) is 8.77.